The monoisotopic (exact) mass is 380 g/mol. The highest BCUT2D eigenvalue weighted by molar-refractivity contribution is 14.1. The van der Waals surface area contributed by atoms with Crippen LogP contribution in [0.15, 0.2) is 60.7 Å². The van der Waals surface area contributed by atoms with Gasteiger partial charge >= 0.3 is 0 Å². The first-order chi connectivity index (χ1) is 9.22. The van der Waals surface area contributed by atoms with Gasteiger partial charge in [0.1, 0.15) is 11.5 Å². The highest BCUT2D eigenvalue weighted by Crippen LogP contribution is 2.31. The standard InChI is InChI=1S/C16H10ClIO/c17-15-10-13(18)6-8-16(15)19-14-7-5-11-3-1-2-4-12(11)9-14/h1-10H. The molecule has 0 bridgehead atoms. The largest absolute Gasteiger partial charge is 0.456 e. The maximum atomic E-state index is 6.17. The highest BCUT2D eigenvalue weighted by atomic mass is 127. The van der Waals surface area contributed by atoms with Crippen LogP contribution < -0.4 is 4.74 Å². The number of fused-ring (bicyclic) bond motifs is 1. The van der Waals surface area contributed by atoms with Gasteiger partial charge in [0, 0.05) is 3.57 Å². The molecule has 3 aromatic carbocycles. The molecule has 0 spiro atoms. The van der Waals surface area contributed by atoms with Gasteiger partial charge in [-0.2, -0.15) is 0 Å². The van der Waals surface area contributed by atoms with E-state index < -0.39 is 0 Å². The molecule has 0 aliphatic heterocycles. The summed E-state index contributed by atoms with van der Waals surface area (Å²) in [6, 6.07) is 20.0. The van der Waals surface area contributed by atoms with Gasteiger partial charge < -0.3 is 4.74 Å². The first-order valence-corrected chi connectivity index (χ1v) is 7.30. The van der Waals surface area contributed by atoms with Crippen molar-refractivity contribution in [1.29, 1.82) is 0 Å². The number of halogens is 2. The lowest BCUT2D eigenvalue weighted by molar-refractivity contribution is 0.483. The zero-order chi connectivity index (χ0) is 13.2. The summed E-state index contributed by atoms with van der Waals surface area (Å²) in [6.07, 6.45) is 0. The molecule has 0 fully saturated rings. The molecule has 0 N–H and O–H groups in total. The van der Waals surface area contributed by atoms with Crippen LogP contribution in [0.25, 0.3) is 10.8 Å². The van der Waals surface area contributed by atoms with Crippen LogP contribution >= 0.6 is 34.2 Å². The van der Waals surface area contributed by atoms with E-state index in [4.69, 9.17) is 16.3 Å². The summed E-state index contributed by atoms with van der Waals surface area (Å²) < 4.78 is 6.93. The predicted molar refractivity (Wildman–Crippen MR) is 88.2 cm³/mol. The first-order valence-electron chi connectivity index (χ1n) is 5.84. The number of benzene rings is 3. The minimum absolute atomic E-state index is 0.625. The molecule has 3 aromatic rings. The van der Waals surface area contributed by atoms with E-state index in [-0.39, 0.29) is 0 Å². The number of ether oxygens (including phenoxy) is 1. The second kappa shape index (κ2) is 5.39. The minimum Gasteiger partial charge on any atom is -0.456 e. The number of rotatable bonds is 2. The maximum Gasteiger partial charge on any atom is 0.146 e. The number of hydrogen-bond donors (Lipinski definition) is 0. The van der Waals surface area contributed by atoms with Crippen molar-refractivity contribution in [2.75, 3.05) is 0 Å². The van der Waals surface area contributed by atoms with Crippen molar-refractivity contribution in [2.24, 2.45) is 0 Å². The summed E-state index contributed by atoms with van der Waals surface area (Å²) in [5.41, 5.74) is 0. The lowest BCUT2D eigenvalue weighted by Gasteiger charge is -2.08. The molecule has 0 aromatic heterocycles. The lowest BCUT2D eigenvalue weighted by atomic mass is 10.1. The molecule has 0 saturated carbocycles. The van der Waals surface area contributed by atoms with Gasteiger partial charge in [-0.25, -0.2) is 0 Å². The molecule has 1 nitrogen and oxygen atoms in total. The van der Waals surface area contributed by atoms with E-state index in [9.17, 15) is 0 Å². The molecule has 0 aliphatic carbocycles. The summed E-state index contributed by atoms with van der Waals surface area (Å²) in [5, 5.41) is 2.98. The SMILES string of the molecule is Clc1cc(I)ccc1Oc1ccc2ccccc2c1. The van der Waals surface area contributed by atoms with Gasteiger partial charge in [-0.1, -0.05) is 41.9 Å². The summed E-state index contributed by atoms with van der Waals surface area (Å²) >= 11 is 8.39. The van der Waals surface area contributed by atoms with E-state index in [0.29, 0.717) is 10.8 Å². The van der Waals surface area contributed by atoms with Gasteiger partial charge in [-0.15, -0.1) is 0 Å². The minimum atomic E-state index is 0.625. The highest BCUT2D eigenvalue weighted by Gasteiger charge is 2.04. The molecule has 3 rings (SSSR count). The van der Waals surface area contributed by atoms with Gasteiger partial charge in [0.15, 0.2) is 0 Å². The van der Waals surface area contributed by atoms with Crippen LogP contribution in [0.1, 0.15) is 0 Å². The fourth-order valence-electron chi connectivity index (χ4n) is 1.92. The summed E-state index contributed by atoms with van der Waals surface area (Å²) in [7, 11) is 0. The van der Waals surface area contributed by atoms with Crippen LogP contribution in [0.4, 0.5) is 0 Å². The molecular weight excluding hydrogens is 371 g/mol. The third kappa shape index (κ3) is 2.85. The Morgan fingerprint density at radius 1 is 0.842 bits per heavy atom. The average Bonchev–Trinajstić information content (AvgIpc) is 2.42. The van der Waals surface area contributed by atoms with E-state index in [0.717, 1.165) is 14.7 Å². The first kappa shape index (κ1) is 12.8. The Labute approximate surface area is 130 Å². The fourth-order valence-corrected chi connectivity index (χ4v) is 2.81. The molecule has 0 amide bonds. The third-order valence-electron chi connectivity index (χ3n) is 2.84. The molecule has 3 heteroatoms. The zero-order valence-electron chi connectivity index (χ0n) is 9.94. The Bertz CT molecular complexity index is 740. The number of hydrogen-bond acceptors (Lipinski definition) is 1. The van der Waals surface area contributed by atoms with Crippen molar-refractivity contribution in [3.8, 4) is 11.5 Å². The Morgan fingerprint density at radius 3 is 2.42 bits per heavy atom. The second-order valence-corrected chi connectivity index (χ2v) is 5.84. The van der Waals surface area contributed by atoms with Crippen LogP contribution in [-0.4, -0.2) is 0 Å². The quantitative estimate of drug-likeness (QED) is 0.504. The Morgan fingerprint density at radius 2 is 1.63 bits per heavy atom. The van der Waals surface area contributed by atoms with Crippen molar-refractivity contribution >= 4 is 45.0 Å². The molecular formula is C16H10ClIO. The van der Waals surface area contributed by atoms with E-state index in [1.165, 1.54) is 5.39 Å². The normalized spacial score (nSPS) is 10.6. The lowest BCUT2D eigenvalue weighted by Crippen LogP contribution is -1.86. The zero-order valence-corrected chi connectivity index (χ0v) is 12.9. The van der Waals surface area contributed by atoms with Gasteiger partial charge in [-0.3, -0.25) is 0 Å². The van der Waals surface area contributed by atoms with Crippen molar-refractivity contribution in [3.63, 3.8) is 0 Å². The predicted octanol–water partition coefficient (Wildman–Crippen LogP) is 5.89. The van der Waals surface area contributed by atoms with E-state index in [2.05, 4.69) is 34.7 Å². The van der Waals surface area contributed by atoms with Crippen molar-refractivity contribution in [2.45, 2.75) is 0 Å². The third-order valence-corrected chi connectivity index (χ3v) is 3.81. The van der Waals surface area contributed by atoms with E-state index >= 15 is 0 Å². The molecule has 0 aliphatic rings. The molecule has 0 unspecified atom stereocenters. The van der Waals surface area contributed by atoms with Crippen molar-refractivity contribution in [1.82, 2.24) is 0 Å². The maximum absolute atomic E-state index is 6.17. The van der Waals surface area contributed by atoms with Crippen LogP contribution in [0, 0.1) is 3.57 Å². The molecule has 19 heavy (non-hydrogen) atoms. The van der Waals surface area contributed by atoms with Gasteiger partial charge in [-0.05, 0) is 63.7 Å². The van der Waals surface area contributed by atoms with Crippen LogP contribution in [0.3, 0.4) is 0 Å². The average molecular weight is 381 g/mol. The summed E-state index contributed by atoms with van der Waals surface area (Å²) in [4.78, 5) is 0. The molecule has 0 atom stereocenters. The Hall–Kier alpha value is -1.26. The molecule has 0 radical (unpaired) electrons. The fraction of sp³-hybridized carbons (Fsp3) is 0. The Kier molecular flexibility index (Phi) is 3.62. The molecule has 0 heterocycles. The van der Waals surface area contributed by atoms with Crippen molar-refractivity contribution in [3.05, 3.63) is 69.3 Å². The topological polar surface area (TPSA) is 9.23 Å². The smallest absolute Gasteiger partial charge is 0.146 e. The summed E-state index contributed by atoms with van der Waals surface area (Å²) in [5.74, 6) is 1.47. The summed E-state index contributed by atoms with van der Waals surface area (Å²) in [6.45, 7) is 0. The van der Waals surface area contributed by atoms with Gasteiger partial charge in [0.25, 0.3) is 0 Å². The van der Waals surface area contributed by atoms with E-state index in [1.54, 1.807) is 0 Å². The second-order valence-electron chi connectivity index (χ2n) is 4.19. The van der Waals surface area contributed by atoms with Crippen LogP contribution in [0.2, 0.25) is 5.02 Å². The van der Waals surface area contributed by atoms with Crippen LogP contribution in [-0.2, 0) is 0 Å². The van der Waals surface area contributed by atoms with E-state index in [1.807, 2.05) is 48.5 Å². The van der Waals surface area contributed by atoms with Crippen LogP contribution in [0.5, 0.6) is 11.5 Å². The van der Waals surface area contributed by atoms with Gasteiger partial charge in [0.05, 0.1) is 5.02 Å². The Balaban J connectivity index is 1.96. The van der Waals surface area contributed by atoms with Crippen molar-refractivity contribution < 1.29 is 4.74 Å². The molecule has 0 saturated heterocycles. The molecule has 94 valence electrons. The van der Waals surface area contributed by atoms with Gasteiger partial charge in [0.2, 0.25) is 0 Å².